The van der Waals surface area contributed by atoms with Gasteiger partial charge in [0, 0.05) is 0 Å². The molecule has 0 atom stereocenters. The molecule has 0 amide bonds. The Labute approximate surface area is 53.9 Å². The third kappa shape index (κ3) is 27.6. The molecule has 0 aromatic rings. The van der Waals surface area contributed by atoms with E-state index in [2.05, 4.69) is 10.9 Å². The number of rotatable bonds is 0. The van der Waals surface area contributed by atoms with Crippen LogP contribution < -0.4 is 17.3 Å². The van der Waals surface area contributed by atoms with Crippen molar-refractivity contribution in [3.63, 3.8) is 0 Å². The van der Waals surface area contributed by atoms with Crippen LogP contribution in [0.2, 0.25) is 0 Å². The highest BCUT2D eigenvalue weighted by molar-refractivity contribution is 5.85. The van der Waals surface area contributed by atoms with Crippen molar-refractivity contribution in [3.8, 4) is 0 Å². The van der Waals surface area contributed by atoms with E-state index >= 15 is 0 Å². The maximum atomic E-state index is 4.69. The van der Waals surface area contributed by atoms with E-state index in [0.717, 1.165) is 0 Å². The second-order valence-corrected chi connectivity index (χ2v) is 0.554. The summed E-state index contributed by atoms with van der Waals surface area (Å²) in [6, 6.07) is 0. The number of halogens is 2. The Balaban J connectivity index is -0.0000000800. The molecule has 0 aliphatic rings. The minimum atomic E-state index is -0.0926. The van der Waals surface area contributed by atoms with Gasteiger partial charge in [-0.15, -0.1) is 29.9 Å². The van der Waals surface area contributed by atoms with E-state index in [9.17, 15) is 0 Å². The average Bonchev–Trinajstić information content (AvgIpc) is 1.38. The third-order valence-electron chi connectivity index (χ3n) is 0.149. The molecule has 0 aliphatic carbocycles. The molecule has 0 heterocycles. The van der Waals surface area contributed by atoms with Crippen LogP contribution in [0.25, 0.3) is 0 Å². The van der Waals surface area contributed by atoms with Gasteiger partial charge in [0.15, 0.2) is 0 Å². The van der Waals surface area contributed by atoms with Gasteiger partial charge in [-0.3, -0.25) is 0 Å². The first-order chi connectivity index (χ1) is 2.27. The minimum absolute atomic E-state index is 0. The van der Waals surface area contributed by atoms with Gasteiger partial charge in [-0.25, -0.2) is 0 Å². The van der Waals surface area contributed by atoms with Crippen LogP contribution in [0.1, 0.15) is 0 Å². The summed E-state index contributed by atoms with van der Waals surface area (Å²) in [5, 5.41) is 2.86. The molecule has 0 radical (unpaired) electrons. The summed E-state index contributed by atoms with van der Waals surface area (Å²) in [6.45, 7) is 0. The Bertz CT molecular complexity index is 47.7. The molecular formula is CH8Cl2N4. The second-order valence-electron chi connectivity index (χ2n) is 0.554. The van der Waals surface area contributed by atoms with Gasteiger partial charge in [-0.1, -0.05) is 0 Å². The van der Waals surface area contributed by atoms with Crippen LogP contribution >= 0.6 is 24.8 Å². The largest absolute Gasteiger partial charge is 0.369 e. The highest BCUT2D eigenvalue weighted by Crippen LogP contribution is 1.31. The molecule has 6 heteroatoms. The summed E-state index contributed by atoms with van der Waals surface area (Å²) >= 11 is 0. The molecule has 0 saturated heterocycles. The summed E-state index contributed by atoms with van der Waals surface area (Å²) in [5.74, 6) is 4.42. The Hall–Kier alpha value is -0.350. The first kappa shape index (κ1) is 15.9. The Morgan fingerprint density at radius 2 is 1.29 bits per heavy atom. The zero-order chi connectivity index (χ0) is 4.28. The van der Waals surface area contributed by atoms with Crippen LogP contribution in [-0.4, -0.2) is 5.96 Å². The van der Waals surface area contributed by atoms with Crippen molar-refractivity contribution < 1.29 is 0 Å². The third-order valence-corrected chi connectivity index (χ3v) is 0.149. The van der Waals surface area contributed by atoms with E-state index < -0.39 is 0 Å². The van der Waals surface area contributed by atoms with Crippen molar-refractivity contribution in [2.24, 2.45) is 22.4 Å². The zero-order valence-electron chi connectivity index (χ0n) is 3.50. The Morgan fingerprint density at radius 1 is 1.14 bits per heavy atom. The fourth-order valence-corrected chi connectivity index (χ4v) is 0. The van der Waals surface area contributed by atoms with Gasteiger partial charge in [-0.2, -0.15) is 0 Å². The first-order valence-corrected chi connectivity index (χ1v) is 1.06. The van der Waals surface area contributed by atoms with Crippen molar-refractivity contribution in [2.75, 3.05) is 0 Å². The normalized spacial score (nSPS) is 4.57. The molecule has 4 nitrogen and oxygen atoms in total. The number of hydrogen-bond donors (Lipinski definition) is 3. The number of guanidine groups is 1. The number of hydrazone groups is 1. The molecule has 0 bridgehead atoms. The molecule has 0 saturated carbocycles. The van der Waals surface area contributed by atoms with Crippen LogP contribution in [0.3, 0.4) is 0 Å². The van der Waals surface area contributed by atoms with Crippen LogP contribution in [0, 0.1) is 0 Å². The van der Waals surface area contributed by atoms with E-state index in [1.54, 1.807) is 0 Å². The molecule has 0 unspecified atom stereocenters. The summed E-state index contributed by atoms with van der Waals surface area (Å²) < 4.78 is 0. The van der Waals surface area contributed by atoms with Crippen molar-refractivity contribution in [2.45, 2.75) is 0 Å². The molecule has 7 heavy (non-hydrogen) atoms. The lowest BCUT2D eigenvalue weighted by molar-refractivity contribution is 1.21. The molecule has 6 N–H and O–H groups in total. The lowest BCUT2D eigenvalue weighted by Crippen LogP contribution is -2.23. The van der Waals surface area contributed by atoms with Gasteiger partial charge < -0.3 is 17.3 Å². The Morgan fingerprint density at radius 3 is 1.29 bits per heavy atom. The SMILES string of the molecule is Cl.Cl.NN=C(N)N. The molecule has 0 spiro atoms. The molecule has 0 aliphatic heterocycles. The lowest BCUT2D eigenvalue weighted by atomic mass is 11.1. The maximum Gasteiger partial charge on any atom is 0.208 e. The molecule has 0 rings (SSSR count). The van der Waals surface area contributed by atoms with Crippen LogP contribution in [0.15, 0.2) is 5.10 Å². The van der Waals surface area contributed by atoms with E-state index in [1.807, 2.05) is 0 Å². The smallest absolute Gasteiger partial charge is 0.208 e. The summed E-state index contributed by atoms with van der Waals surface area (Å²) in [6.07, 6.45) is 0. The zero-order valence-corrected chi connectivity index (χ0v) is 5.13. The van der Waals surface area contributed by atoms with Gasteiger partial charge in [0.25, 0.3) is 0 Å². The topological polar surface area (TPSA) is 90.4 Å². The van der Waals surface area contributed by atoms with Gasteiger partial charge in [-0.05, 0) is 0 Å². The van der Waals surface area contributed by atoms with Gasteiger partial charge >= 0.3 is 0 Å². The van der Waals surface area contributed by atoms with Crippen LogP contribution in [0.4, 0.5) is 0 Å². The quantitative estimate of drug-likeness (QED) is 0.177. The summed E-state index contributed by atoms with van der Waals surface area (Å²) in [5.41, 5.74) is 9.39. The molecular weight excluding hydrogens is 139 g/mol. The maximum absolute atomic E-state index is 4.69. The molecule has 0 aromatic heterocycles. The molecule has 0 fully saturated rings. The Kier molecular flexibility index (Phi) is 20.9. The second kappa shape index (κ2) is 9.17. The fraction of sp³-hybridized carbons (Fsp3) is 0. The van der Waals surface area contributed by atoms with Crippen LogP contribution in [0.5, 0.6) is 0 Å². The highest BCUT2D eigenvalue weighted by Gasteiger charge is 1.62. The van der Waals surface area contributed by atoms with Crippen molar-refractivity contribution >= 4 is 30.8 Å². The summed E-state index contributed by atoms with van der Waals surface area (Å²) in [7, 11) is 0. The number of nitrogens with zero attached hydrogens (tertiary/aromatic N) is 1. The van der Waals surface area contributed by atoms with E-state index in [4.69, 9.17) is 11.5 Å². The van der Waals surface area contributed by atoms with E-state index in [0.29, 0.717) is 0 Å². The predicted octanol–water partition coefficient (Wildman–Crippen LogP) is -1.02. The van der Waals surface area contributed by atoms with Gasteiger partial charge in [0.05, 0.1) is 0 Å². The lowest BCUT2D eigenvalue weighted by Gasteiger charge is -1.76. The van der Waals surface area contributed by atoms with Crippen LogP contribution in [-0.2, 0) is 0 Å². The standard InChI is InChI=1S/CH6N4.2ClH/c2-1(3)5-4;;/h4H2,(H4,2,3,5);2*1H. The molecule has 46 valence electrons. The molecule has 0 aromatic carbocycles. The monoisotopic (exact) mass is 146 g/mol. The fourth-order valence-electron chi connectivity index (χ4n) is 0. The first-order valence-electron chi connectivity index (χ1n) is 1.06. The summed E-state index contributed by atoms with van der Waals surface area (Å²) in [4.78, 5) is 0. The number of nitrogens with two attached hydrogens (primary N) is 3. The van der Waals surface area contributed by atoms with Crippen molar-refractivity contribution in [1.29, 1.82) is 0 Å². The van der Waals surface area contributed by atoms with Crippen molar-refractivity contribution in [3.05, 3.63) is 0 Å². The predicted molar refractivity (Wildman–Crippen MR) is 34.5 cm³/mol. The highest BCUT2D eigenvalue weighted by atomic mass is 35.5. The van der Waals surface area contributed by atoms with Gasteiger partial charge in [0.1, 0.15) is 0 Å². The van der Waals surface area contributed by atoms with E-state index in [1.165, 1.54) is 0 Å². The average molecular weight is 147 g/mol. The van der Waals surface area contributed by atoms with E-state index in [-0.39, 0.29) is 30.8 Å². The minimum Gasteiger partial charge on any atom is -0.369 e. The number of hydrogen-bond acceptors (Lipinski definition) is 2. The van der Waals surface area contributed by atoms with Crippen molar-refractivity contribution in [1.82, 2.24) is 0 Å². The van der Waals surface area contributed by atoms with Gasteiger partial charge in [0.2, 0.25) is 5.96 Å².